The molecule has 0 amide bonds. The van der Waals surface area contributed by atoms with Gasteiger partial charge in [0.25, 0.3) is 0 Å². The number of thiophene rings is 1. The fraction of sp³-hybridized carbons (Fsp3) is 0.341. The molecule has 2 heterocycles. The van der Waals surface area contributed by atoms with Gasteiger partial charge in [-0.25, -0.2) is 16.3 Å². The molecule has 4 aliphatic carbocycles. The molecule has 4 aliphatic rings. The summed E-state index contributed by atoms with van der Waals surface area (Å²) in [5.74, 6) is 0.547. The van der Waals surface area contributed by atoms with E-state index in [1.165, 1.54) is 29.3 Å². The van der Waals surface area contributed by atoms with Gasteiger partial charge in [0, 0.05) is 43.7 Å². The van der Waals surface area contributed by atoms with Crippen LogP contribution in [0.4, 0.5) is 13.2 Å². The molecule has 4 aromatic carbocycles. The molecule has 1 radical (unpaired) electrons. The number of alkyl halides is 3. The Bertz CT molecular complexity index is 2200. The van der Waals surface area contributed by atoms with Crippen molar-refractivity contribution in [1.82, 2.24) is 9.97 Å². The van der Waals surface area contributed by atoms with E-state index in [0.717, 1.165) is 53.3 Å². The van der Waals surface area contributed by atoms with Crippen LogP contribution in [-0.2, 0) is 56.8 Å². The Kier molecular flexibility index (Phi) is 13.3. The summed E-state index contributed by atoms with van der Waals surface area (Å²) in [5, 5.41) is 12.0. The summed E-state index contributed by atoms with van der Waals surface area (Å²) >= 11 is 1.48. The van der Waals surface area contributed by atoms with Gasteiger partial charge in [0.15, 0.2) is 5.78 Å². The minimum Gasteiger partial charge on any atom is -0.512 e. The normalized spacial score (nSPS) is 13.3. The van der Waals surface area contributed by atoms with Gasteiger partial charge in [0.1, 0.15) is 6.33 Å². The minimum atomic E-state index is -4.57. The summed E-state index contributed by atoms with van der Waals surface area (Å²) < 4.78 is 45.7. The van der Waals surface area contributed by atoms with Crippen LogP contribution in [0.3, 0.4) is 0 Å². The smallest absolute Gasteiger partial charge is 0.419 e. The zero-order chi connectivity index (χ0) is 37.0. The molecule has 0 spiro atoms. The first-order valence-corrected chi connectivity index (χ1v) is 19.1. The number of halogens is 3. The van der Waals surface area contributed by atoms with Crippen LogP contribution in [0, 0.1) is 17.9 Å². The molecule has 0 saturated heterocycles. The first-order valence-electron chi connectivity index (χ1n) is 18.3. The number of allylic oxidation sites excluding steroid dienone is 2. The molecule has 0 unspecified atom stereocenters. The van der Waals surface area contributed by atoms with Crippen molar-refractivity contribution in [3.63, 3.8) is 0 Å². The number of hydrogen-bond donors (Lipinski definition) is 1. The maximum atomic E-state index is 14.9. The predicted molar refractivity (Wildman–Crippen MR) is 207 cm³/mol. The third-order valence-corrected chi connectivity index (χ3v) is 11.5. The van der Waals surface area contributed by atoms with Crippen LogP contribution < -0.4 is 0 Å². The number of nitrogens with zero attached hydrogens (tertiary/aromatic N) is 2. The van der Waals surface area contributed by atoms with E-state index in [-0.39, 0.29) is 54.4 Å². The largest absolute Gasteiger partial charge is 0.512 e. The topological polar surface area (TPSA) is 63.1 Å². The number of carbonyl (C=O) groups excluding carboxylic acids is 1. The summed E-state index contributed by atoms with van der Waals surface area (Å²) in [6.45, 7) is 8.07. The van der Waals surface area contributed by atoms with E-state index >= 15 is 0 Å². The van der Waals surface area contributed by atoms with E-state index < -0.39 is 11.7 Å². The van der Waals surface area contributed by atoms with Crippen molar-refractivity contribution < 1.29 is 43.2 Å². The summed E-state index contributed by atoms with van der Waals surface area (Å²) in [6.07, 6.45) is 4.19. The van der Waals surface area contributed by atoms with E-state index in [1.807, 2.05) is 70.2 Å². The van der Waals surface area contributed by atoms with Gasteiger partial charge in [-0.2, -0.15) is 13.2 Å². The van der Waals surface area contributed by atoms with E-state index in [2.05, 4.69) is 40.3 Å². The second-order valence-electron chi connectivity index (χ2n) is 13.5. The molecule has 53 heavy (non-hydrogen) atoms. The molecule has 0 atom stereocenters. The van der Waals surface area contributed by atoms with Crippen molar-refractivity contribution in [3.8, 4) is 10.6 Å². The van der Waals surface area contributed by atoms with Crippen molar-refractivity contribution >= 4 is 48.9 Å². The molecule has 4 nitrogen and oxygen atoms in total. The van der Waals surface area contributed by atoms with Crippen molar-refractivity contribution in [3.05, 3.63) is 119 Å². The van der Waals surface area contributed by atoms with Crippen molar-refractivity contribution in [2.75, 3.05) is 0 Å². The van der Waals surface area contributed by atoms with Gasteiger partial charge in [-0.15, -0.1) is 23.6 Å². The minimum absolute atomic E-state index is 0. The van der Waals surface area contributed by atoms with Gasteiger partial charge in [-0.1, -0.05) is 82.3 Å². The first-order chi connectivity index (χ1) is 25.1. The summed E-state index contributed by atoms with van der Waals surface area (Å²) in [5.41, 5.74) is 3.70. The maximum absolute atomic E-state index is 14.9. The predicted octanol–water partition coefficient (Wildman–Crippen LogP) is 12.2. The van der Waals surface area contributed by atoms with Crippen molar-refractivity contribution in [2.45, 2.75) is 85.2 Å². The monoisotopic (exact) mass is 914 g/mol. The first kappa shape index (κ1) is 40.3. The number of benzene rings is 4. The Morgan fingerprint density at radius 3 is 2.04 bits per heavy atom. The van der Waals surface area contributed by atoms with E-state index in [1.54, 1.807) is 0 Å². The molecule has 0 fully saturated rings. The number of ketones is 1. The number of aromatic nitrogens is 2. The van der Waals surface area contributed by atoms with Gasteiger partial charge in [0.2, 0.25) is 0 Å². The second-order valence-corrected chi connectivity index (χ2v) is 14.6. The van der Waals surface area contributed by atoms with Gasteiger partial charge in [-0.05, 0) is 99.4 Å². The number of rotatable bonds is 8. The molecule has 0 aliphatic heterocycles. The van der Waals surface area contributed by atoms with E-state index in [9.17, 15) is 23.1 Å². The summed E-state index contributed by atoms with van der Waals surface area (Å²) in [7, 11) is 0. The SMILES string of the molecule is CCC(CC)C(=O)/C=C(\O)C(CC)CC.FC(F)(F)c1c2ncnc(-c3[c-]c4ccccc4s3)c2cc2c3ccc(c12)CCc1ccc(cc1)CC3.[Ir]. The van der Waals surface area contributed by atoms with Gasteiger partial charge in [-0.3, -0.25) is 9.78 Å². The van der Waals surface area contributed by atoms with Gasteiger partial charge >= 0.3 is 6.18 Å². The van der Waals surface area contributed by atoms with Crippen LogP contribution in [0.5, 0.6) is 0 Å². The Morgan fingerprint density at radius 1 is 0.830 bits per heavy atom. The third-order valence-electron chi connectivity index (χ3n) is 10.4. The standard InChI is InChI=1S/C31H20F3N2S.C13H24O2.Ir/c32-31(33,34)28-27-21-12-10-19-7-5-18(6-8-19)9-11-20(13-14-21)23(27)16-24-29(35-17-36-30(24)28)26-15-22-3-1-2-4-25(22)37-26;1-5-10(6-2)12(14)9-13(15)11(7-3)8-4;/h1-8,13-14,16-17H,9-12H2;9-11,14H,5-8H2,1-4H3;/q-1;;/b;12-9-;. The Balaban J connectivity index is 0.000000290. The molecular formula is C44H44F3IrN2O2S-. The molecular weight excluding hydrogens is 870 g/mol. The van der Waals surface area contributed by atoms with Crippen LogP contribution in [0.1, 0.15) is 81.2 Å². The number of carbonyl (C=O) groups is 1. The van der Waals surface area contributed by atoms with Crippen LogP contribution in [0.25, 0.3) is 42.3 Å². The fourth-order valence-corrected chi connectivity index (χ4v) is 8.30. The number of aliphatic hydroxyl groups is 1. The van der Waals surface area contributed by atoms with Gasteiger partial charge in [0.05, 0.1) is 16.8 Å². The van der Waals surface area contributed by atoms with E-state index in [4.69, 9.17) is 0 Å². The van der Waals surface area contributed by atoms with Crippen LogP contribution >= 0.6 is 11.3 Å². The average molecular weight is 914 g/mol. The zero-order valence-corrected chi connectivity index (χ0v) is 33.7. The fourth-order valence-electron chi connectivity index (χ4n) is 7.28. The Labute approximate surface area is 326 Å². The van der Waals surface area contributed by atoms with Gasteiger partial charge < -0.3 is 5.11 Å². The quantitative estimate of drug-likeness (QED) is 0.0715. The zero-order valence-electron chi connectivity index (χ0n) is 30.4. The Morgan fingerprint density at radius 2 is 1.43 bits per heavy atom. The number of aliphatic hydroxyl groups excluding tert-OH is 1. The molecule has 6 aromatic rings. The Hall–Kier alpha value is -3.91. The van der Waals surface area contributed by atoms with Crippen molar-refractivity contribution in [1.29, 1.82) is 0 Å². The molecule has 2 aromatic heterocycles. The molecule has 1 N–H and O–H groups in total. The summed E-state index contributed by atoms with van der Waals surface area (Å²) in [6, 6.07) is 25.4. The molecule has 279 valence electrons. The molecule has 10 rings (SSSR count). The number of fused-ring (bicyclic) bond motifs is 2. The molecule has 4 bridgehead atoms. The average Bonchev–Trinajstić information content (AvgIpc) is 3.57. The number of hydrogen-bond acceptors (Lipinski definition) is 5. The van der Waals surface area contributed by atoms with Crippen LogP contribution in [0.2, 0.25) is 0 Å². The molecule has 9 heteroatoms. The van der Waals surface area contributed by atoms with E-state index in [0.29, 0.717) is 46.2 Å². The second kappa shape index (κ2) is 17.5. The number of aryl methyl sites for hydroxylation is 4. The van der Waals surface area contributed by atoms with Crippen molar-refractivity contribution in [2.24, 2.45) is 11.8 Å². The van der Waals surface area contributed by atoms with Crippen LogP contribution in [0.15, 0.2) is 84.9 Å². The summed E-state index contributed by atoms with van der Waals surface area (Å²) in [4.78, 5) is 21.1. The maximum Gasteiger partial charge on any atom is 0.419 e. The van der Waals surface area contributed by atoms with Crippen LogP contribution in [-0.4, -0.2) is 20.9 Å². The third kappa shape index (κ3) is 8.74. The molecule has 0 saturated carbocycles.